The molecule has 0 unspecified atom stereocenters. The van der Waals surface area contributed by atoms with E-state index in [0.29, 0.717) is 32.6 Å². The van der Waals surface area contributed by atoms with Gasteiger partial charge in [0.05, 0.1) is 0 Å². The molecule has 1 N–H and O–H groups in total. The van der Waals surface area contributed by atoms with Crippen LogP contribution in [0.3, 0.4) is 0 Å². The third-order valence-electron chi connectivity index (χ3n) is 2.72. The van der Waals surface area contributed by atoms with E-state index in [1.807, 2.05) is 32.8 Å². The van der Waals surface area contributed by atoms with Crippen LogP contribution in [0.5, 0.6) is 0 Å². The fourth-order valence-electron chi connectivity index (χ4n) is 1.63. The van der Waals surface area contributed by atoms with Crippen LogP contribution >= 0.6 is 0 Å². The number of rotatable bonds is 10. The van der Waals surface area contributed by atoms with Gasteiger partial charge < -0.3 is 10.0 Å². The molecule has 0 radical (unpaired) electrons. The second-order valence-corrected chi connectivity index (χ2v) is 7.50. The number of aliphatic hydroxyl groups is 1. The van der Waals surface area contributed by atoms with Crippen LogP contribution in [-0.2, 0) is 10.2 Å². The summed E-state index contributed by atoms with van der Waals surface area (Å²) in [6.45, 7) is 6.05. The Kier molecular flexibility index (Phi) is 8.76. The SMILES string of the molecule is CC(C)CN(CCN(C)C)S(=O)(=O)N(C)CCCO. The maximum Gasteiger partial charge on any atom is 0.281 e. The van der Waals surface area contributed by atoms with Gasteiger partial charge in [0.25, 0.3) is 10.2 Å². The summed E-state index contributed by atoms with van der Waals surface area (Å²) < 4.78 is 27.7. The summed E-state index contributed by atoms with van der Waals surface area (Å²) in [6, 6.07) is 0. The van der Waals surface area contributed by atoms with Crippen molar-refractivity contribution < 1.29 is 13.5 Å². The standard InChI is InChI=1S/C12H29N3O3S/c1-12(2)11-15(9-8-13(3)4)19(17,18)14(5)7-6-10-16/h12,16H,6-11H2,1-5H3. The van der Waals surface area contributed by atoms with Crippen molar-refractivity contribution in [1.82, 2.24) is 13.5 Å². The molecular formula is C12H29N3O3S. The molecule has 0 saturated heterocycles. The Labute approximate surface area is 118 Å². The normalized spacial score (nSPS) is 13.2. The highest BCUT2D eigenvalue weighted by Gasteiger charge is 2.26. The number of hydrogen-bond acceptors (Lipinski definition) is 4. The first-order valence-electron chi connectivity index (χ1n) is 6.68. The second-order valence-electron chi connectivity index (χ2n) is 5.46. The van der Waals surface area contributed by atoms with E-state index in [2.05, 4.69) is 0 Å². The summed E-state index contributed by atoms with van der Waals surface area (Å²) in [5.41, 5.74) is 0. The van der Waals surface area contributed by atoms with Crippen molar-refractivity contribution in [3.63, 3.8) is 0 Å². The van der Waals surface area contributed by atoms with E-state index in [4.69, 9.17) is 5.11 Å². The molecule has 0 rings (SSSR count). The first-order chi connectivity index (χ1) is 8.71. The lowest BCUT2D eigenvalue weighted by Gasteiger charge is -2.29. The maximum atomic E-state index is 12.4. The average molecular weight is 295 g/mol. The Morgan fingerprint density at radius 2 is 1.63 bits per heavy atom. The highest BCUT2D eigenvalue weighted by Crippen LogP contribution is 2.10. The zero-order valence-corrected chi connectivity index (χ0v) is 13.7. The first-order valence-corrected chi connectivity index (χ1v) is 8.08. The van der Waals surface area contributed by atoms with Crippen molar-refractivity contribution >= 4 is 10.2 Å². The summed E-state index contributed by atoms with van der Waals surface area (Å²) in [5, 5.41) is 8.80. The molecule has 0 aromatic heterocycles. The van der Waals surface area contributed by atoms with Gasteiger partial charge in [-0.25, -0.2) is 0 Å². The van der Waals surface area contributed by atoms with Gasteiger partial charge >= 0.3 is 0 Å². The van der Waals surface area contributed by atoms with E-state index in [1.54, 1.807) is 7.05 Å². The highest BCUT2D eigenvalue weighted by atomic mass is 32.2. The number of likely N-dealkylation sites (N-methyl/N-ethyl adjacent to an activating group) is 1. The predicted molar refractivity (Wildman–Crippen MR) is 78.2 cm³/mol. The van der Waals surface area contributed by atoms with Crippen molar-refractivity contribution in [2.75, 3.05) is 53.9 Å². The molecule has 0 atom stereocenters. The molecule has 0 heterocycles. The molecule has 0 spiro atoms. The van der Waals surface area contributed by atoms with Crippen LogP contribution < -0.4 is 0 Å². The summed E-state index contributed by atoms with van der Waals surface area (Å²) in [5.74, 6) is 0.281. The minimum atomic E-state index is -3.44. The molecule has 0 amide bonds. The quantitative estimate of drug-likeness (QED) is 0.619. The van der Waals surface area contributed by atoms with E-state index in [1.165, 1.54) is 8.61 Å². The summed E-state index contributed by atoms with van der Waals surface area (Å²) >= 11 is 0. The highest BCUT2D eigenvalue weighted by molar-refractivity contribution is 7.86. The summed E-state index contributed by atoms with van der Waals surface area (Å²) in [7, 11) is 1.98. The van der Waals surface area contributed by atoms with Crippen LogP contribution in [0.15, 0.2) is 0 Å². The van der Waals surface area contributed by atoms with Gasteiger partial charge in [0.2, 0.25) is 0 Å². The molecule has 0 bridgehead atoms. The zero-order chi connectivity index (χ0) is 15.1. The van der Waals surface area contributed by atoms with Crippen LogP contribution in [0.2, 0.25) is 0 Å². The smallest absolute Gasteiger partial charge is 0.281 e. The molecule has 6 nitrogen and oxygen atoms in total. The van der Waals surface area contributed by atoms with Crippen LogP contribution in [0.4, 0.5) is 0 Å². The largest absolute Gasteiger partial charge is 0.396 e. The molecule has 0 aliphatic heterocycles. The fraction of sp³-hybridized carbons (Fsp3) is 1.00. The molecule has 116 valence electrons. The van der Waals surface area contributed by atoms with E-state index >= 15 is 0 Å². The van der Waals surface area contributed by atoms with E-state index < -0.39 is 10.2 Å². The third-order valence-corrected chi connectivity index (χ3v) is 4.67. The Morgan fingerprint density at radius 1 is 1.05 bits per heavy atom. The average Bonchev–Trinajstić information content (AvgIpc) is 2.30. The minimum Gasteiger partial charge on any atom is -0.396 e. The third kappa shape index (κ3) is 7.22. The monoisotopic (exact) mass is 295 g/mol. The Bertz CT molecular complexity index is 331. The Hall–Kier alpha value is -0.210. The molecule has 0 saturated carbocycles. The van der Waals surface area contributed by atoms with Gasteiger partial charge in [-0.05, 0) is 26.4 Å². The van der Waals surface area contributed by atoms with Gasteiger partial charge in [0.15, 0.2) is 0 Å². The summed E-state index contributed by atoms with van der Waals surface area (Å²) in [4.78, 5) is 1.97. The van der Waals surface area contributed by atoms with Crippen LogP contribution in [-0.4, -0.2) is 81.0 Å². The first kappa shape index (κ1) is 18.8. The number of nitrogens with zero attached hydrogens (tertiary/aromatic N) is 3. The van der Waals surface area contributed by atoms with Crippen molar-refractivity contribution in [3.05, 3.63) is 0 Å². The predicted octanol–water partition coefficient (Wildman–Crippen LogP) is 0.0650. The second kappa shape index (κ2) is 8.86. The fourth-order valence-corrected chi connectivity index (χ4v) is 3.18. The van der Waals surface area contributed by atoms with Crippen molar-refractivity contribution in [2.45, 2.75) is 20.3 Å². The molecule has 0 fully saturated rings. The van der Waals surface area contributed by atoms with Gasteiger partial charge in [-0.3, -0.25) is 0 Å². The lowest BCUT2D eigenvalue weighted by molar-refractivity contribution is 0.264. The Morgan fingerprint density at radius 3 is 2.05 bits per heavy atom. The summed E-state index contributed by atoms with van der Waals surface area (Å²) in [6.07, 6.45) is 0.457. The van der Waals surface area contributed by atoms with Gasteiger partial charge in [0.1, 0.15) is 0 Å². The lowest BCUT2D eigenvalue weighted by Crippen LogP contribution is -2.46. The Balaban J connectivity index is 4.79. The van der Waals surface area contributed by atoms with Crippen molar-refractivity contribution in [2.24, 2.45) is 5.92 Å². The molecule has 0 aliphatic rings. The van der Waals surface area contributed by atoms with Crippen LogP contribution in [0.25, 0.3) is 0 Å². The molecule has 0 aromatic rings. The molecular weight excluding hydrogens is 266 g/mol. The molecule has 0 aliphatic carbocycles. The van der Waals surface area contributed by atoms with E-state index in [-0.39, 0.29) is 12.5 Å². The zero-order valence-electron chi connectivity index (χ0n) is 12.8. The topological polar surface area (TPSA) is 64.1 Å². The van der Waals surface area contributed by atoms with Crippen LogP contribution in [0.1, 0.15) is 20.3 Å². The maximum absolute atomic E-state index is 12.4. The lowest BCUT2D eigenvalue weighted by atomic mass is 10.2. The van der Waals surface area contributed by atoms with Gasteiger partial charge in [-0.2, -0.15) is 17.0 Å². The van der Waals surface area contributed by atoms with Gasteiger partial charge in [-0.1, -0.05) is 13.8 Å². The molecule has 7 heteroatoms. The van der Waals surface area contributed by atoms with Gasteiger partial charge in [0, 0.05) is 39.8 Å². The van der Waals surface area contributed by atoms with Crippen molar-refractivity contribution in [1.29, 1.82) is 0 Å². The van der Waals surface area contributed by atoms with Crippen LogP contribution in [0, 0.1) is 5.92 Å². The number of hydrogen-bond donors (Lipinski definition) is 1. The molecule has 0 aromatic carbocycles. The van der Waals surface area contributed by atoms with Gasteiger partial charge in [-0.15, -0.1) is 0 Å². The van der Waals surface area contributed by atoms with E-state index in [0.717, 1.165) is 0 Å². The number of aliphatic hydroxyl groups excluding tert-OH is 1. The van der Waals surface area contributed by atoms with E-state index in [9.17, 15) is 8.42 Å². The van der Waals surface area contributed by atoms with Crippen molar-refractivity contribution in [3.8, 4) is 0 Å². The minimum absolute atomic E-state index is 0.00172. The molecule has 19 heavy (non-hydrogen) atoms.